The molecule has 0 atom stereocenters. The highest BCUT2D eigenvalue weighted by molar-refractivity contribution is 5.00. The zero-order valence-electron chi connectivity index (χ0n) is 5.60. The van der Waals surface area contributed by atoms with E-state index < -0.39 is 0 Å². The van der Waals surface area contributed by atoms with Gasteiger partial charge in [0, 0.05) is 6.42 Å². The van der Waals surface area contributed by atoms with Crippen molar-refractivity contribution < 1.29 is 4.74 Å². The molecule has 1 rings (SSSR count). The van der Waals surface area contributed by atoms with Crippen LogP contribution < -0.4 is 0 Å². The summed E-state index contributed by atoms with van der Waals surface area (Å²) in [5.74, 6) is 1.09. The minimum absolute atomic E-state index is 0.889. The summed E-state index contributed by atoms with van der Waals surface area (Å²) in [4.78, 5) is 0. The van der Waals surface area contributed by atoms with Gasteiger partial charge in [0.25, 0.3) is 0 Å². The molecule has 1 aliphatic rings. The van der Waals surface area contributed by atoms with E-state index in [1.807, 2.05) is 6.08 Å². The maximum absolute atomic E-state index is 5.31. The average molecular weight is 124 g/mol. The predicted molar refractivity (Wildman–Crippen MR) is 38.1 cm³/mol. The van der Waals surface area contributed by atoms with E-state index in [1.54, 1.807) is 0 Å². The number of allylic oxidation sites excluding steroid dienone is 2. The highest BCUT2D eigenvalue weighted by Crippen LogP contribution is 2.12. The van der Waals surface area contributed by atoms with E-state index in [-0.39, 0.29) is 0 Å². The molecule has 0 N–H and O–H groups in total. The van der Waals surface area contributed by atoms with E-state index >= 15 is 0 Å². The minimum atomic E-state index is 0.889. The van der Waals surface area contributed by atoms with Gasteiger partial charge in [-0.15, -0.1) is 6.58 Å². The molecule has 50 valence electrons. The number of hydrogen-bond acceptors (Lipinski definition) is 1. The fraction of sp³-hybridized carbons (Fsp3) is 0.500. The molecule has 0 aromatic rings. The van der Waals surface area contributed by atoms with E-state index in [0.29, 0.717) is 0 Å². The van der Waals surface area contributed by atoms with Crippen LogP contribution in [-0.2, 0) is 4.74 Å². The first kappa shape index (κ1) is 6.40. The van der Waals surface area contributed by atoms with Crippen molar-refractivity contribution in [1.82, 2.24) is 0 Å². The van der Waals surface area contributed by atoms with E-state index in [0.717, 1.165) is 18.8 Å². The van der Waals surface area contributed by atoms with Crippen LogP contribution in [0.5, 0.6) is 0 Å². The Balaban J connectivity index is 2.36. The first-order valence-corrected chi connectivity index (χ1v) is 3.36. The smallest absolute Gasteiger partial charge is 0.0957 e. The molecular formula is C8H12O. The topological polar surface area (TPSA) is 9.23 Å². The zero-order valence-corrected chi connectivity index (χ0v) is 5.60. The second-order valence-corrected chi connectivity index (χ2v) is 2.15. The van der Waals surface area contributed by atoms with Gasteiger partial charge in [-0.25, -0.2) is 0 Å². The van der Waals surface area contributed by atoms with Gasteiger partial charge in [0.05, 0.1) is 12.4 Å². The standard InChI is InChI=1S/C8H12O/c1-2-5-8-6-3-4-7-9-8/h2,6H,1,3-5,7H2. The fourth-order valence-corrected chi connectivity index (χ4v) is 0.893. The summed E-state index contributed by atoms with van der Waals surface area (Å²) in [7, 11) is 0. The van der Waals surface area contributed by atoms with Crippen molar-refractivity contribution >= 4 is 0 Å². The minimum Gasteiger partial charge on any atom is -0.498 e. The van der Waals surface area contributed by atoms with Crippen LogP contribution in [0.25, 0.3) is 0 Å². The van der Waals surface area contributed by atoms with Crippen molar-refractivity contribution in [2.45, 2.75) is 19.3 Å². The third kappa shape index (κ3) is 1.92. The molecule has 1 aliphatic heterocycles. The lowest BCUT2D eigenvalue weighted by atomic mass is 10.2. The van der Waals surface area contributed by atoms with Gasteiger partial charge in [-0.05, 0) is 18.9 Å². The van der Waals surface area contributed by atoms with E-state index in [9.17, 15) is 0 Å². The Bertz CT molecular complexity index is 125. The summed E-state index contributed by atoms with van der Waals surface area (Å²) >= 11 is 0. The lowest BCUT2D eigenvalue weighted by molar-refractivity contribution is 0.189. The van der Waals surface area contributed by atoms with Gasteiger partial charge in [-0.3, -0.25) is 0 Å². The third-order valence-corrected chi connectivity index (χ3v) is 1.35. The SMILES string of the molecule is C=CCC1=CCCCO1. The third-order valence-electron chi connectivity index (χ3n) is 1.35. The van der Waals surface area contributed by atoms with Gasteiger partial charge < -0.3 is 4.74 Å². The Hall–Kier alpha value is -0.720. The summed E-state index contributed by atoms with van der Waals surface area (Å²) in [6.45, 7) is 4.52. The van der Waals surface area contributed by atoms with Gasteiger partial charge in [0.1, 0.15) is 0 Å². The molecule has 1 nitrogen and oxygen atoms in total. The maximum atomic E-state index is 5.31. The molecule has 0 fully saturated rings. The molecule has 0 aliphatic carbocycles. The quantitative estimate of drug-likeness (QED) is 0.513. The molecule has 0 spiro atoms. The fourth-order valence-electron chi connectivity index (χ4n) is 0.893. The molecule has 0 unspecified atom stereocenters. The molecular weight excluding hydrogens is 112 g/mol. The Morgan fingerprint density at radius 2 is 2.67 bits per heavy atom. The maximum Gasteiger partial charge on any atom is 0.0957 e. The van der Waals surface area contributed by atoms with Crippen LogP contribution in [0.15, 0.2) is 24.5 Å². The largest absolute Gasteiger partial charge is 0.498 e. The summed E-state index contributed by atoms with van der Waals surface area (Å²) in [5, 5.41) is 0. The van der Waals surface area contributed by atoms with Crippen LogP contribution in [0.3, 0.4) is 0 Å². The summed E-state index contributed by atoms with van der Waals surface area (Å²) in [5.41, 5.74) is 0. The van der Waals surface area contributed by atoms with Gasteiger partial charge >= 0.3 is 0 Å². The summed E-state index contributed by atoms with van der Waals surface area (Å²) < 4.78 is 5.31. The average Bonchev–Trinajstić information content (AvgIpc) is 1.91. The highest BCUT2D eigenvalue weighted by Gasteiger charge is 2.00. The van der Waals surface area contributed by atoms with Gasteiger partial charge in [0.15, 0.2) is 0 Å². The molecule has 0 aromatic heterocycles. The van der Waals surface area contributed by atoms with Crippen molar-refractivity contribution in [3.8, 4) is 0 Å². The Morgan fingerprint density at radius 1 is 1.78 bits per heavy atom. The molecule has 9 heavy (non-hydrogen) atoms. The van der Waals surface area contributed by atoms with Crippen molar-refractivity contribution in [2.24, 2.45) is 0 Å². The van der Waals surface area contributed by atoms with Crippen LogP contribution in [0.2, 0.25) is 0 Å². The molecule has 0 bridgehead atoms. The lowest BCUT2D eigenvalue weighted by Gasteiger charge is -2.12. The molecule has 0 radical (unpaired) electrons. The molecule has 0 amide bonds. The van der Waals surface area contributed by atoms with Crippen LogP contribution in [0.1, 0.15) is 19.3 Å². The molecule has 0 saturated heterocycles. The normalized spacial score (nSPS) is 18.0. The second-order valence-electron chi connectivity index (χ2n) is 2.15. The van der Waals surface area contributed by atoms with Crippen LogP contribution in [0, 0.1) is 0 Å². The highest BCUT2D eigenvalue weighted by atomic mass is 16.5. The first-order chi connectivity index (χ1) is 4.43. The second kappa shape index (κ2) is 3.33. The number of rotatable bonds is 2. The molecule has 0 saturated carbocycles. The monoisotopic (exact) mass is 124 g/mol. The molecule has 0 aromatic carbocycles. The van der Waals surface area contributed by atoms with Crippen molar-refractivity contribution in [2.75, 3.05) is 6.61 Å². The van der Waals surface area contributed by atoms with Gasteiger partial charge in [0.2, 0.25) is 0 Å². The van der Waals surface area contributed by atoms with Crippen LogP contribution >= 0.6 is 0 Å². The van der Waals surface area contributed by atoms with Crippen molar-refractivity contribution in [3.05, 3.63) is 24.5 Å². The Kier molecular flexibility index (Phi) is 2.37. The van der Waals surface area contributed by atoms with Gasteiger partial charge in [-0.1, -0.05) is 6.08 Å². The van der Waals surface area contributed by atoms with Crippen LogP contribution in [0.4, 0.5) is 0 Å². The van der Waals surface area contributed by atoms with Crippen molar-refractivity contribution in [3.63, 3.8) is 0 Å². The summed E-state index contributed by atoms with van der Waals surface area (Å²) in [6.07, 6.45) is 7.24. The first-order valence-electron chi connectivity index (χ1n) is 3.36. The van der Waals surface area contributed by atoms with E-state index in [1.165, 1.54) is 12.8 Å². The van der Waals surface area contributed by atoms with E-state index in [2.05, 4.69) is 12.7 Å². The zero-order chi connectivity index (χ0) is 6.53. The molecule has 1 heterocycles. The van der Waals surface area contributed by atoms with Gasteiger partial charge in [-0.2, -0.15) is 0 Å². The van der Waals surface area contributed by atoms with Crippen LogP contribution in [-0.4, -0.2) is 6.61 Å². The lowest BCUT2D eigenvalue weighted by Crippen LogP contribution is -1.99. The molecule has 1 heteroatoms. The Labute approximate surface area is 56.0 Å². The number of hydrogen-bond donors (Lipinski definition) is 0. The summed E-state index contributed by atoms with van der Waals surface area (Å²) in [6, 6.07) is 0. The van der Waals surface area contributed by atoms with E-state index in [4.69, 9.17) is 4.74 Å². The van der Waals surface area contributed by atoms with Crippen molar-refractivity contribution in [1.29, 1.82) is 0 Å². The number of ether oxygens (including phenoxy) is 1. The predicted octanol–water partition coefficient (Wildman–Crippen LogP) is 2.26. The Morgan fingerprint density at radius 3 is 3.22 bits per heavy atom.